The van der Waals surface area contributed by atoms with E-state index in [0.29, 0.717) is 23.2 Å². The van der Waals surface area contributed by atoms with E-state index in [1.54, 1.807) is 6.92 Å². The van der Waals surface area contributed by atoms with Gasteiger partial charge in [-0.1, -0.05) is 11.8 Å². The fourth-order valence-corrected chi connectivity index (χ4v) is 1.72. The molecule has 1 fully saturated rings. The van der Waals surface area contributed by atoms with Crippen LogP contribution >= 0.6 is 11.8 Å². The quantitative estimate of drug-likeness (QED) is 0.464. The fourth-order valence-electron chi connectivity index (χ4n) is 1.39. The molecule has 18 heavy (non-hydrogen) atoms. The van der Waals surface area contributed by atoms with E-state index in [9.17, 15) is 4.79 Å². The summed E-state index contributed by atoms with van der Waals surface area (Å²) in [6.45, 7) is 4.08. The minimum absolute atomic E-state index is 0.189. The van der Waals surface area contributed by atoms with Gasteiger partial charge in [0.05, 0.1) is 6.61 Å². The van der Waals surface area contributed by atoms with Gasteiger partial charge in [-0.2, -0.15) is 4.98 Å². The zero-order valence-electron chi connectivity index (χ0n) is 10.7. The Labute approximate surface area is 110 Å². The highest BCUT2D eigenvalue weighted by Gasteiger charge is 2.41. The van der Waals surface area contributed by atoms with Crippen LogP contribution in [0.2, 0.25) is 0 Å². The normalized spacial score (nSPS) is 16.2. The molecule has 0 bridgehead atoms. The largest absolute Gasteiger partial charge is 0.471 e. The first-order valence-corrected chi connectivity index (χ1v) is 7.07. The second kappa shape index (κ2) is 5.14. The average molecular weight is 268 g/mol. The van der Waals surface area contributed by atoms with Crippen LogP contribution in [-0.2, 0) is 4.74 Å². The second-order valence-corrected chi connectivity index (χ2v) is 5.12. The zero-order chi connectivity index (χ0) is 13.2. The van der Waals surface area contributed by atoms with Crippen molar-refractivity contribution in [2.75, 3.05) is 12.9 Å². The van der Waals surface area contributed by atoms with E-state index < -0.39 is 5.97 Å². The van der Waals surface area contributed by atoms with Crippen LogP contribution in [0, 0.1) is 0 Å². The van der Waals surface area contributed by atoms with E-state index in [4.69, 9.17) is 9.47 Å². The minimum atomic E-state index is -0.440. The van der Waals surface area contributed by atoms with E-state index in [1.165, 1.54) is 18.0 Å². The van der Waals surface area contributed by atoms with Gasteiger partial charge in [0.2, 0.25) is 5.88 Å². The van der Waals surface area contributed by atoms with Crippen LogP contribution < -0.4 is 4.74 Å². The highest BCUT2D eigenvalue weighted by atomic mass is 32.2. The van der Waals surface area contributed by atoms with Crippen LogP contribution in [-0.4, -0.2) is 34.4 Å². The number of hydrogen-bond donors (Lipinski definition) is 0. The Bertz CT molecular complexity index is 461. The average Bonchev–Trinajstić information content (AvgIpc) is 3.07. The molecule has 0 N–H and O–H groups in total. The number of carbonyl (C=O) groups is 1. The Hall–Kier alpha value is -1.30. The SMILES string of the molecule is CCOC(=O)c1cnc(SC)nc1OC1(C)CC1. The Morgan fingerprint density at radius 3 is 2.83 bits per heavy atom. The van der Waals surface area contributed by atoms with Crippen molar-refractivity contribution in [3.05, 3.63) is 11.8 Å². The van der Waals surface area contributed by atoms with Crippen molar-refractivity contribution in [1.82, 2.24) is 9.97 Å². The molecule has 1 aliphatic carbocycles. The highest BCUT2D eigenvalue weighted by molar-refractivity contribution is 7.98. The lowest BCUT2D eigenvalue weighted by atomic mass is 10.3. The molecule has 6 heteroatoms. The Kier molecular flexibility index (Phi) is 3.75. The molecule has 0 amide bonds. The maximum atomic E-state index is 11.8. The molecule has 0 unspecified atom stereocenters. The number of aromatic nitrogens is 2. The Morgan fingerprint density at radius 1 is 1.56 bits per heavy atom. The maximum absolute atomic E-state index is 11.8. The van der Waals surface area contributed by atoms with Gasteiger partial charge in [-0.15, -0.1) is 0 Å². The van der Waals surface area contributed by atoms with E-state index in [1.807, 2.05) is 13.2 Å². The van der Waals surface area contributed by atoms with Crippen molar-refractivity contribution in [2.45, 2.75) is 37.4 Å². The molecule has 0 radical (unpaired) electrons. The van der Waals surface area contributed by atoms with Crippen LogP contribution in [0.15, 0.2) is 11.4 Å². The predicted octanol–water partition coefficient (Wildman–Crippen LogP) is 2.31. The lowest BCUT2D eigenvalue weighted by Gasteiger charge is -2.14. The number of hydrogen-bond acceptors (Lipinski definition) is 6. The number of rotatable bonds is 5. The summed E-state index contributed by atoms with van der Waals surface area (Å²) in [7, 11) is 0. The van der Waals surface area contributed by atoms with E-state index in [2.05, 4.69) is 9.97 Å². The molecule has 1 aliphatic rings. The molecule has 0 aliphatic heterocycles. The van der Waals surface area contributed by atoms with Gasteiger partial charge in [0.1, 0.15) is 11.2 Å². The topological polar surface area (TPSA) is 61.3 Å². The third-order valence-corrected chi connectivity index (χ3v) is 3.27. The van der Waals surface area contributed by atoms with Crippen molar-refractivity contribution in [2.24, 2.45) is 0 Å². The van der Waals surface area contributed by atoms with Crippen molar-refractivity contribution in [3.8, 4) is 5.88 Å². The summed E-state index contributed by atoms with van der Waals surface area (Å²) < 4.78 is 10.8. The van der Waals surface area contributed by atoms with Crippen molar-refractivity contribution < 1.29 is 14.3 Å². The van der Waals surface area contributed by atoms with Crippen molar-refractivity contribution >= 4 is 17.7 Å². The highest BCUT2D eigenvalue weighted by Crippen LogP contribution is 2.40. The number of thioether (sulfide) groups is 1. The van der Waals surface area contributed by atoms with Gasteiger partial charge in [0, 0.05) is 6.20 Å². The summed E-state index contributed by atoms with van der Waals surface area (Å²) in [4.78, 5) is 20.1. The summed E-state index contributed by atoms with van der Waals surface area (Å²) in [5.41, 5.74) is 0.105. The summed E-state index contributed by atoms with van der Waals surface area (Å²) in [5.74, 6) is -0.114. The van der Waals surface area contributed by atoms with Gasteiger partial charge in [-0.05, 0) is 32.9 Å². The maximum Gasteiger partial charge on any atom is 0.345 e. The van der Waals surface area contributed by atoms with Crippen LogP contribution in [0.4, 0.5) is 0 Å². The fraction of sp³-hybridized carbons (Fsp3) is 0.583. The van der Waals surface area contributed by atoms with Gasteiger partial charge >= 0.3 is 5.97 Å². The van der Waals surface area contributed by atoms with Crippen LogP contribution in [0.25, 0.3) is 0 Å². The first-order chi connectivity index (χ1) is 8.58. The monoisotopic (exact) mass is 268 g/mol. The van der Waals surface area contributed by atoms with Crippen LogP contribution in [0.3, 0.4) is 0 Å². The molecule has 1 aromatic rings. The molecular weight excluding hydrogens is 252 g/mol. The first-order valence-electron chi connectivity index (χ1n) is 5.85. The lowest BCUT2D eigenvalue weighted by Crippen LogP contribution is -2.17. The molecular formula is C12H16N2O3S. The lowest BCUT2D eigenvalue weighted by molar-refractivity contribution is 0.0515. The van der Waals surface area contributed by atoms with Gasteiger partial charge in [0.25, 0.3) is 0 Å². The third kappa shape index (κ3) is 2.93. The molecule has 5 nitrogen and oxygen atoms in total. The number of nitrogens with zero attached hydrogens (tertiary/aromatic N) is 2. The standard InChI is InChI=1S/C12H16N2O3S/c1-4-16-10(15)8-7-13-11(18-3)14-9(8)17-12(2)5-6-12/h7H,4-6H2,1-3H3. The Morgan fingerprint density at radius 2 is 2.28 bits per heavy atom. The molecule has 0 aromatic carbocycles. The first kappa shape index (κ1) is 13.1. The summed E-state index contributed by atoms with van der Waals surface area (Å²) in [5, 5.41) is 0.585. The van der Waals surface area contributed by atoms with Gasteiger partial charge < -0.3 is 9.47 Å². The Balaban J connectivity index is 2.28. The molecule has 0 saturated heterocycles. The second-order valence-electron chi connectivity index (χ2n) is 4.35. The summed E-state index contributed by atoms with van der Waals surface area (Å²) >= 11 is 1.41. The smallest absolute Gasteiger partial charge is 0.345 e. The van der Waals surface area contributed by atoms with E-state index in [-0.39, 0.29) is 5.60 Å². The number of carbonyl (C=O) groups excluding carboxylic acids is 1. The summed E-state index contributed by atoms with van der Waals surface area (Å²) in [6, 6.07) is 0. The van der Waals surface area contributed by atoms with Crippen molar-refractivity contribution in [1.29, 1.82) is 0 Å². The molecule has 1 saturated carbocycles. The molecule has 1 heterocycles. The van der Waals surface area contributed by atoms with Crippen LogP contribution in [0.5, 0.6) is 5.88 Å². The van der Waals surface area contributed by atoms with Gasteiger partial charge in [-0.3, -0.25) is 0 Å². The zero-order valence-corrected chi connectivity index (χ0v) is 11.5. The molecule has 1 aromatic heterocycles. The van der Waals surface area contributed by atoms with Gasteiger partial charge in [-0.25, -0.2) is 9.78 Å². The molecule has 98 valence electrons. The van der Waals surface area contributed by atoms with E-state index in [0.717, 1.165) is 12.8 Å². The number of esters is 1. The van der Waals surface area contributed by atoms with Crippen LogP contribution in [0.1, 0.15) is 37.0 Å². The van der Waals surface area contributed by atoms with Crippen molar-refractivity contribution in [3.63, 3.8) is 0 Å². The van der Waals surface area contributed by atoms with Gasteiger partial charge in [0.15, 0.2) is 5.16 Å². The van der Waals surface area contributed by atoms with E-state index >= 15 is 0 Å². The molecule has 0 atom stereocenters. The number of ether oxygens (including phenoxy) is 2. The predicted molar refractivity (Wildman–Crippen MR) is 68.0 cm³/mol. The minimum Gasteiger partial charge on any atom is -0.471 e. The third-order valence-electron chi connectivity index (χ3n) is 2.71. The summed E-state index contributed by atoms with van der Waals surface area (Å²) in [6.07, 6.45) is 5.31. The molecule has 2 rings (SSSR count). The molecule has 0 spiro atoms.